The minimum atomic E-state index is -0.305. The molecule has 3 heteroatoms. The van der Waals surface area contributed by atoms with Crippen LogP contribution in [0.25, 0.3) is 0 Å². The molecular weight excluding hydrogens is 224 g/mol. The van der Waals surface area contributed by atoms with Crippen molar-refractivity contribution >= 4 is 11.6 Å². The van der Waals surface area contributed by atoms with Crippen LogP contribution in [0.2, 0.25) is 0 Å². The van der Waals surface area contributed by atoms with Gasteiger partial charge in [0.15, 0.2) is 0 Å². The zero-order valence-electron chi connectivity index (χ0n) is 10.0. The molecule has 91 valence electrons. The zero-order valence-corrected chi connectivity index (χ0v) is 10.0. The van der Waals surface area contributed by atoms with Crippen LogP contribution in [0.15, 0.2) is 54.9 Å². The summed E-state index contributed by atoms with van der Waals surface area (Å²) in [7, 11) is 0. The highest BCUT2D eigenvalue weighted by atomic mass is 16.1. The third-order valence-corrected chi connectivity index (χ3v) is 2.64. The normalized spacial score (nSPS) is 11.8. The molecule has 0 fully saturated rings. The van der Waals surface area contributed by atoms with Gasteiger partial charge in [-0.2, -0.15) is 0 Å². The van der Waals surface area contributed by atoms with Crippen LogP contribution in [0, 0.1) is 12.8 Å². The van der Waals surface area contributed by atoms with Crippen molar-refractivity contribution < 1.29 is 4.79 Å². The van der Waals surface area contributed by atoms with E-state index in [1.165, 1.54) is 0 Å². The Balaban J connectivity index is 1.93. The van der Waals surface area contributed by atoms with Crippen LogP contribution in [0.5, 0.6) is 0 Å². The van der Waals surface area contributed by atoms with Crippen molar-refractivity contribution in [3.05, 3.63) is 67.3 Å². The molecule has 1 heterocycles. The SMILES string of the molecule is [CH2][C@@H](Cc1ccccc1)C(=O)Nc1ccncc1. The summed E-state index contributed by atoms with van der Waals surface area (Å²) in [5.74, 6) is -0.384. The average molecular weight is 239 g/mol. The number of amides is 1. The summed E-state index contributed by atoms with van der Waals surface area (Å²) < 4.78 is 0. The lowest BCUT2D eigenvalue weighted by Gasteiger charge is -2.11. The van der Waals surface area contributed by atoms with Gasteiger partial charge in [0.1, 0.15) is 0 Å². The van der Waals surface area contributed by atoms with Gasteiger partial charge in [0.05, 0.1) is 0 Å². The van der Waals surface area contributed by atoms with Gasteiger partial charge in [-0.05, 0) is 31.0 Å². The number of nitrogens with zero attached hydrogens (tertiary/aromatic N) is 1. The number of benzene rings is 1. The Hall–Kier alpha value is -2.16. The molecule has 0 bridgehead atoms. The lowest BCUT2D eigenvalue weighted by Crippen LogP contribution is -2.22. The van der Waals surface area contributed by atoms with Crippen molar-refractivity contribution in [2.75, 3.05) is 5.32 Å². The molecule has 2 rings (SSSR count). The quantitative estimate of drug-likeness (QED) is 0.891. The molecule has 1 radical (unpaired) electrons. The summed E-state index contributed by atoms with van der Waals surface area (Å²) in [4.78, 5) is 15.8. The Kier molecular flexibility index (Phi) is 4.07. The van der Waals surface area contributed by atoms with Crippen LogP contribution in [0.1, 0.15) is 5.56 Å². The molecule has 0 aliphatic rings. The first-order valence-corrected chi connectivity index (χ1v) is 5.83. The number of nitrogens with one attached hydrogen (secondary N) is 1. The van der Waals surface area contributed by atoms with Gasteiger partial charge in [-0.1, -0.05) is 30.3 Å². The summed E-state index contributed by atoms with van der Waals surface area (Å²) in [5, 5.41) is 2.82. The minimum Gasteiger partial charge on any atom is -0.326 e. The highest BCUT2D eigenvalue weighted by molar-refractivity contribution is 5.93. The molecule has 18 heavy (non-hydrogen) atoms. The first-order valence-electron chi connectivity index (χ1n) is 5.83. The van der Waals surface area contributed by atoms with Crippen LogP contribution < -0.4 is 5.32 Å². The van der Waals surface area contributed by atoms with Gasteiger partial charge in [0, 0.05) is 24.0 Å². The summed E-state index contributed by atoms with van der Waals surface area (Å²) in [6, 6.07) is 13.4. The van der Waals surface area contributed by atoms with Gasteiger partial charge in [0.25, 0.3) is 0 Å². The molecule has 1 N–H and O–H groups in total. The zero-order chi connectivity index (χ0) is 12.8. The van der Waals surface area contributed by atoms with E-state index < -0.39 is 0 Å². The summed E-state index contributed by atoms with van der Waals surface area (Å²) >= 11 is 0. The minimum absolute atomic E-state index is 0.0787. The predicted octanol–water partition coefficient (Wildman–Crippen LogP) is 2.71. The molecule has 1 amide bonds. The van der Waals surface area contributed by atoms with Gasteiger partial charge in [0.2, 0.25) is 5.91 Å². The lowest BCUT2D eigenvalue weighted by atomic mass is 10.0. The molecule has 0 aliphatic carbocycles. The number of carbonyl (C=O) groups is 1. The Bertz CT molecular complexity index is 496. The number of aromatic nitrogens is 1. The Morgan fingerprint density at radius 1 is 1.17 bits per heavy atom. The molecule has 1 aromatic heterocycles. The van der Waals surface area contributed by atoms with E-state index in [1.807, 2.05) is 30.3 Å². The monoisotopic (exact) mass is 239 g/mol. The molecular formula is C15H15N2O. The first-order chi connectivity index (χ1) is 8.75. The van der Waals surface area contributed by atoms with Gasteiger partial charge < -0.3 is 5.32 Å². The van der Waals surface area contributed by atoms with Crippen molar-refractivity contribution in [1.29, 1.82) is 0 Å². The molecule has 0 unspecified atom stereocenters. The maximum atomic E-state index is 11.9. The molecule has 0 spiro atoms. The smallest absolute Gasteiger partial charge is 0.227 e. The Morgan fingerprint density at radius 3 is 2.50 bits per heavy atom. The van der Waals surface area contributed by atoms with E-state index in [-0.39, 0.29) is 11.8 Å². The van der Waals surface area contributed by atoms with Gasteiger partial charge in [-0.3, -0.25) is 9.78 Å². The van der Waals surface area contributed by atoms with E-state index >= 15 is 0 Å². The third-order valence-electron chi connectivity index (χ3n) is 2.64. The Morgan fingerprint density at radius 2 is 1.83 bits per heavy atom. The maximum Gasteiger partial charge on any atom is 0.227 e. The highest BCUT2D eigenvalue weighted by Crippen LogP contribution is 2.11. The number of hydrogen-bond acceptors (Lipinski definition) is 2. The van der Waals surface area contributed by atoms with Crippen molar-refractivity contribution in [2.24, 2.45) is 5.92 Å². The fourth-order valence-corrected chi connectivity index (χ4v) is 1.67. The van der Waals surface area contributed by atoms with Crippen molar-refractivity contribution in [1.82, 2.24) is 4.98 Å². The molecule has 3 nitrogen and oxygen atoms in total. The average Bonchev–Trinajstić information content (AvgIpc) is 2.41. The van der Waals surface area contributed by atoms with Crippen LogP contribution in [-0.4, -0.2) is 10.9 Å². The molecule has 0 aliphatic heterocycles. The van der Waals surface area contributed by atoms with Gasteiger partial charge in [-0.15, -0.1) is 0 Å². The van der Waals surface area contributed by atoms with E-state index in [0.29, 0.717) is 6.42 Å². The maximum absolute atomic E-state index is 11.9. The lowest BCUT2D eigenvalue weighted by molar-refractivity contribution is -0.118. The fourth-order valence-electron chi connectivity index (χ4n) is 1.67. The third kappa shape index (κ3) is 3.42. The standard InChI is InChI=1S/C15H15N2O/c1-12(11-13-5-3-2-4-6-13)15(18)17-14-7-9-16-10-8-14/h2-10,12H,1,11H2,(H,16,17,18)/t12-/m0/s1. The second-order valence-corrected chi connectivity index (χ2v) is 4.11. The number of anilines is 1. The highest BCUT2D eigenvalue weighted by Gasteiger charge is 2.13. The van der Waals surface area contributed by atoms with E-state index in [0.717, 1.165) is 11.3 Å². The predicted molar refractivity (Wildman–Crippen MR) is 71.9 cm³/mol. The van der Waals surface area contributed by atoms with Crippen LogP contribution in [-0.2, 0) is 11.2 Å². The van der Waals surface area contributed by atoms with Crippen LogP contribution >= 0.6 is 0 Å². The second-order valence-electron chi connectivity index (χ2n) is 4.11. The molecule has 2 aromatic rings. The van der Waals surface area contributed by atoms with Gasteiger partial charge >= 0.3 is 0 Å². The number of hydrogen-bond donors (Lipinski definition) is 1. The van der Waals surface area contributed by atoms with E-state index in [2.05, 4.69) is 17.2 Å². The molecule has 1 atom stereocenters. The summed E-state index contributed by atoms with van der Waals surface area (Å²) in [6.07, 6.45) is 3.92. The van der Waals surface area contributed by atoms with E-state index in [1.54, 1.807) is 24.5 Å². The Labute approximate surface area is 107 Å². The molecule has 0 saturated carbocycles. The largest absolute Gasteiger partial charge is 0.326 e. The number of pyridine rings is 1. The summed E-state index contributed by atoms with van der Waals surface area (Å²) in [6.45, 7) is 3.90. The number of rotatable bonds is 4. The summed E-state index contributed by atoms with van der Waals surface area (Å²) in [5.41, 5.74) is 1.86. The topological polar surface area (TPSA) is 42.0 Å². The van der Waals surface area contributed by atoms with Crippen LogP contribution in [0.3, 0.4) is 0 Å². The second kappa shape index (κ2) is 5.96. The van der Waals surface area contributed by atoms with E-state index in [4.69, 9.17) is 0 Å². The van der Waals surface area contributed by atoms with Crippen molar-refractivity contribution in [3.63, 3.8) is 0 Å². The molecule has 1 aromatic carbocycles. The fraction of sp³-hybridized carbons (Fsp3) is 0.133. The first kappa shape index (κ1) is 12.3. The van der Waals surface area contributed by atoms with Crippen molar-refractivity contribution in [2.45, 2.75) is 6.42 Å². The van der Waals surface area contributed by atoms with Gasteiger partial charge in [-0.25, -0.2) is 0 Å². The number of carbonyl (C=O) groups excluding carboxylic acids is 1. The van der Waals surface area contributed by atoms with Crippen molar-refractivity contribution in [3.8, 4) is 0 Å². The molecule has 0 saturated heterocycles. The van der Waals surface area contributed by atoms with Crippen LogP contribution in [0.4, 0.5) is 5.69 Å². The van der Waals surface area contributed by atoms with E-state index in [9.17, 15) is 4.79 Å².